The van der Waals surface area contributed by atoms with Crippen molar-refractivity contribution >= 4 is 0 Å². The Morgan fingerprint density at radius 3 is 2.45 bits per heavy atom. The molecule has 0 aromatic rings. The highest BCUT2D eigenvalue weighted by Gasteiger charge is 2.33. The van der Waals surface area contributed by atoms with E-state index in [1.165, 1.54) is 0 Å². The molecule has 1 rings (SSSR count). The van der Waals surface area contributed by atoms with Crippen LogP contribution in [0.25, 0.3) is 5.73 Å². The summed E-state index contributed by atoms with van der Waals surface area (Å²) in [5, 5.41) is 9.36. The standard InChI is InChI=1S/C7H15N2O2/c1-3-5(8)6(9)7(10)4(2)11-3/h3-8,10H,9H2,1-2H3/q-1. The fourth-order valence-corrected chi connectivity index (χ4v) is 1.34. The highest BCUT2D eigenvalue weighted by Crippen LogP contribution is 2.20. The van der Waals surface area contributed by atoms with Crippen LogP contribution >= 0.6 is 0 Å². The van der Waals surface area contributed by atoms with Gasteiger partial charge in [0.25, 0.3) is 0 Å². The van der Waals surface area contributed by atoms with Crippen molar-refractivity contribution in [2.45, 2.75) is 44.2 Å². The van der Waals surface area contributed by atoms with Crippen LogP contribution in [-0.2, 0) is 4.74 Å². The molecule has 4 N–H and O–H groups in total. The number of ether oxygens (including phenoxy) is 1. The normalized spacial score (nSPS) is 52.6. The van der Waals surface area contributed by atoms with Gasteiger partial charge in [-0.1, -0.05) is 6.04 Å². The molecule has 5 unspecified atom stereocenters. The second-order valence-corrected chi connectivity index (χ2v) is 3.14. The van der Waals surface area contributed by atoms with Crippen molar-refractivity contribution in [2.75, 3.05) is 0 Å². The van der Waals surface area contributed by atoms with Crippen LogP contribution in [-0.4, -0.2) is 35.5 Å². The van der Waals surface area contributed by atoms with Crippen LogP contribution in [0.3, 0.4) is 0 Å². The van der Waals surface area contributed by atoms with E-state index in [1.54, 1.807) is 13.8 Å². The van der Waals surface area contributed by atoms with Gasteiger partial charge in [0.2, 0.25) is 0 Å². The smallest absolute Gasteiger partial charge is 0.0936 e. The number of hydrogen-bond acceptors (Lipinski definition) is 3. The van der Waals surface area contributed by atoms with E-state index in [2.05, 4.69) is 0 Å². The minimum atomic E-state index is -0.700. The molecule has 1 heterocycles. The summed E-state index contributed by atoms with van der Waals surface area (Å²) in [6.07, 6.45) is -1.13. The van der Waals surface area contributed by atoms with Crippen molar-refractivity contribution < 1.29 is 9.84 Å². The molecule has 1 fully saturated rings. The summed E-state index contributed by atoms with van der Waals surface area (Å²) in [5.41, 5.74) is 13.1. The molecule has 1 aliphatic rings. The lowest BCUT2D eigenvalue weighted by Crippen LogP contribution is -2.58. The molecule has 0 aromatic heterocycles. The zero-order chi connectivity index (χ0) is 8.59. The Morgan fingerprint density at radius 2 is 1.91 bits per heavy atom. The van der Waals surface area contributed by atoms with Gasteiger partial charge in [-0.05, 0) is 13.8 Å². The van der Waals surface area contributed by atoms with Crippen LogP contribution < -0.4 is 5.73 Å². The molecule has 4 nitrogen and oxygen atoms in total. The van der Waals surface area contributed by atoms with Crippen molar-refractivity contribution in [3.05, 3.63) is 5.73 Å². The van der Waals surface area contributed by atoms with Crippen LogP contribution in [0.2, 0.25) is 0 Å². The molecular weight excluding hydrogens is 144 g/mol. The molecule has 4 heteroatoms. The predicted octanol–water partition coefficient (Wildman–Crippen LogP) is -0.0974. The van der Waals surface area contributed by atoms with E-state index in [9.17, 15) is 5.11 Å². The van der Waals surface area contributed by atoms with Crippen LogP contribution in [0.5, 0.6) is 0 Å². The first-order chi connectivity index (χ1) is 5.04. The second-order valence-electron chi connectivity index (χ2n) is 3.14. The van der Waals surface area contributed by atoms with Gasteiger partial charge in [-0.2, -0.15) is 0 Å². The lowest BCUT2D eigenvalue weighted by Gasteiger charge is -2.44. The highest BCUT2D eigenvalue weighted by atomic mass is 16.5. The molecule has 0 aliphatic carbocycles. The minimum absolute atomic E-state index is 0.177. The van der Waals surface area contributed by atoms with E-state index in [1.807, 2.05) is 0 Å². The monoisotopic (exact) mass is 159 g/mol. The van der Waals surface area contributed by atoms with Crippen LogP contribution in [0.15, 0.2) is 0 Å². The lowest BCUT2D eigenvalue weighted by molar-refractivity contribution is -0.113. The third kappa shape index (κ3) is 1.54. The molecule has 0 bridgehead atoms. The molecule has 1 saturated heterocycles. The molecular formula is C7H15N2O2-. The maximum atomic E-state index is 9.36. The van der Waals surface area contributed by atoms with Crippen LogP contribution in [0.4, 0.5) is 0 Å². The number of aliphatic hydroxyl groups excluding tert-OH is 1. The van der Waals surface area contributed by atoms with E-state index < -0.39 is 18.2 Å². The number of nitrogens with two attached hydrogens (primary N) is 1. The fourth-order valence-electron chi connectivity index (χ4n) is 1.34. The van der Waals surface area contributed by atoms with Gasteiger partial charge >= 0.3 is 0 Å². The van der Waals surface area contributed by atoms with E-state index in [4.69, 9.17) is 16.2 Å². The van der Waals surface area contributed by atoms with E-state index >= 15 is 0 Å². The summed E-state index contributed by atoms with van der Waals surface area (Å²) in [7, 11) is 0. The van der Waals surface area contributed by atoms with Gasteiger partial charge in [-0.3, -0.25) is 0 Å². The zero-order valence-electron chi connectivity index (χ0n) is 6.82. The summed E-state index contributed by atoms with van der Waals surface area (Å²) in [4.78, 5) is 0. The predicted molar refractivity (Wildman–Crippen MR) is 42.1 cm³/mol. The van der Waals surface area contributed by atoms with Gasteiger partial charge in [0.15, 0.2) is 0 Å². The number of aliphatic hydroxyl groups is 1. The van der Waals surface area contributed by atoms with Crippen molar-refractivity contribution in [3.8, 4) is 0 Å². The topological polar surface area (TPSA) is 79.3 Å². The SMILES string of the molecule is CC1OC(C)C(O)C(N)C1[NH-]. The molecule has 66 valence electrons. The van der Waals surface area contributed by atoms with Gasteiger partial charge in [0.05, 0.1) is 12.2 Å². The van der Waals surface area contributed by atoms with Crippen molar-refractivity contribution in [2.24, 2.45) is 5.73 Å². The molecule has 0 saturated carbocycles. The Morgan fingerprint density at radius 1 is 1.36 bits per heavy atom. The Balaban J connectivity index is 2.63. The van der Waals surface area contributed by atoms with Crippen LogP contribution in [0, 0.1) is 0 Å². The minimum Gasteiger partial charge on any atom is -0.671 e. The van der Waals surface area contributed by atoms with Gasteiger partial charge in [-0.15, -0.1) is 0 Å². The molecule has 5 atom stereocenters. The summed E-state index contributed by atoms with van der Waals surface area (Å²) in [6.45, 7) is 3.58. The quantitative estimate of drug-likeness (QED) is 0.518. The van der Waals surface area contributed by atoms with E-state index in [-0.39, 0.29) is 12.2 Å². The summed E-state index contributed by atoms with van der Waals surface area (Å²) in [6, 6.07) is -0.991. The third-order valence-electron chi connectivity index (χ3n) is 2.22. The maximum absolute atomic E-state index is 9.36. The molecule has 11 heavy (non-hydrogen) atoms. The zero-order valence-corrected chi connectivity index (χ0v) is 6.82. The molecule has 0 radical (unpaired) electrons. The molecule has 0 aromatic carbocycles. The summed E-state index contributed by atoms with van der Waals surface area (Å²) >= 11 is 0. The molecule has 0 amide bonds. The van der Waals surface area contributed by atoms with Gasteiger partial charge in [0.1, 0.15) is 0 Å². The van der Waals surface area contributed by atoms with Gasteiger partial charge in [-0.25, -0.2) is 0 Å². The van der Waals surface area contributed by atoms with Gasteiger partial charge < -0.3 is 21.3 Å². The fraction of sp³-hybridized carbons (Fsp3) is 1.00. The highest BCUT2D eigenvalue weighted by molar-refractivity contribution is 4.99. The Labute approximate surface area is 66.5 Å². The average Bonchev–Trinajstić information content (AvgIpc) is 1.97. The van der Waals surface area contributed by atoms with E-state index in [0.717, 1.165) is 0 Å². The average molecular weight is 159 g/mol. The first-order valence-electron chi connectivity index (χ1n) is 3.84. The van der Waals surface area contributed by atoms with Gasteiger partial charge in [0, 0.05) is 12.1 Å². The molecule has 1 aliphatic heterocycles. The second kappa shape index (κ2) is 3.06. The van der Waals surface area contributed by atoms with Crippen LogP contribution in [0.1, 0.15) is 13.8 Å². The first kappa shape index (κ1) is 8.93. The number of hydrogen-bond donors (Lipinski definition) is 2. The Hall–Kier alpha value is -0.160. The first-order valence-corrected chi connectivity index (χ1v) is 3.84. The summed E-state index contributed by atoms with van der Waals surface area (Å²) < 4.78 is 5.26. The van der Waals surface area contributed by atoms with Crippen molar-refractivity contribution in [1.82, 2.24) is 0 Å². The maximum Gasteiger partial charge on any atom is 0.0936 e. The van der Waals surface area contributed by atoms with Crippen molar-refractivity contribution in [1.29, 1.82) is 0 Å². The third-order valence-corrected chi connectivity index (χ3v) is 2.22. The lowest BCUT2D eigenvalue weighted by atomic mass is 9.93. The number of nitrogens with one attached hydrogen (secondary N) is 1. The number of rotatable bonds is 0. The Kier molecular flexibility index (Phi) is 2.49. The van der Waals surface area contributed by atoms with E-state index in [0.29, 0.717) is 0 Å². The Bertz CT molecular complexity index is 128. The molecule has 0 spiro atoms. The summed E-state index contributed by atoms with van der Waals surface area (Å²) in [5.74, 6) is 0. The van der Waals surface area contributed by atoms with Crippen molar-refractivity contribution in [3.63, 3.8) is 0 Å². The largest absolute Gasteiger partial charge is 0.671 e.